The molecule has 0 unspecified atom stereocenters. The second-order valence-corrected chi connectivity index (χ2v) is 4.70. The molecule has 1 aromatic rings. The molecule has 0 aliphatic rings. The molecule has 0 bridgehead atoms. The van der Waals surface area contributed by atoms with Crippen molar-refractivity contribution in [1.82, 2.24) is 5.32 Å². The number of ether oxygens (including phenoxy) is 1. The molecular formula is C14H20ClFN2O2. The van der Waals surface area contributed by atoms with Gasteiger partial charge in [0, 0.05) is 19.8 Å². The van der Waals surface area contributed by atoms with Crippen LogP contribution in [0.1, 0.15) is 26.2 Å². The topological polar surface area (TPSA) is 50.4 Å². The number of para-hydroxylation sites is 1. The van der Waals surface area contributed by atoms with E-state index in [1.807, 2.05) is 0 Å². The van der Waals surface area contributed by atoms with Gasteiger partial charge in [0.05, 0.1) is 10.7 Å². The standard InChI is InChI=1S/C14H20ClFN2O2/c1-2-3-9-20-10-5-8-17-14(19)18-13-11(15)6-4-7-12(13)16/h4,6-7H,2-3,5,8-10H2,1H3,(H2,17,18,19). The van der Waals surface area contributed by atoms with Gasteiger partial charge in [-0.05, 0) is 25.0 Å². The number of unbranched alkanes of at least 4 members (excludes halogenated alkanes) is 1. The molecule has 6 heteroatoms. The van der Waals surface area contributed by atoms with Gasteiger partial charge in [-0.1, -0.05) is 31.0 Å². The van der Waals surface area contributed by atoms with Crippen molar-refractivity contribution in [2.24, 2.45) is 0 Å². The van der Waals surface area contributed by atoms with E-state index in [1.54, 1.807) is 0 Å². The summed E-state index contributed by atoms with van der Waals surface area (Å²) in [7, 11) is 0. The lowest BCUT2D eigenvalue weighted by Crippen LogP contribution is -2.30. The van der Waals surface area contributed by atoms with Gasteiger partial charge in [-0.15, -0.1) is 0 Å². The fraction of sp³-hybridized carbons (Fsp3) is 0.500. The van der Waals surface area contributed by atoms with Crippen LogP contribution >= 0.6 is 11.6 Å². The Kier molecular flexibility index (Phi) is 7.99. The van der Waals surface area contributed by atoms with Crippen LogP contribution in [0.4, 0.5) is 14.9 Å². The molecule has 2 N–H and O–H groups in total. The molecule has 0 spiro atoms. The summed E-state index contributed by atoms with van der Waals surface area (Å²) in [4.78, 5) is 11.6. The molecule has 0 aliphatic carbocycles. The van der Waals surface area contributed by atoms with Crippen LogP contribution in [-0.2, 0) is 4.74 Å². The Balaban J connectivity index is 2.21. The van der Waals surface area contributed by atoms with Gasteiger partial charge in [-0.2, -0.15) is 0 Å². The number of benzene rings is 1. The zero-order valence-corrected chi connectivity index (χ0v) is 12.3. The van der Waals surface area contributed by atoms with Crippen molar-refractivity contribution in [3.05, 3.63) is 29.0 Å². The number of rotatable bonds is 8. The SMILES string of the molecule is CCCCOCCCNC(=O)Nc1c(F)cccc1Cl. The first-order valence-electron chi connectivity index (χ1n) is 6.71. The molecule has 4 nitrogen and oxygen atoms in total. The van der Waals surface area contributed by atoms with E-state index in [0.29, 0.717) is 19.6 Å². The van der Waals surface area contributed by atoms with Crippen molar-refractivity contribution >= 4 is 23.3 Å². The van der Waals surface area contributed by atoms with Crippen molar-refractivity contribution < 1.29 is 13.9 Å². The quantitative estimate of drug-likeness (QED) is 0.718. The second-order valence-electron chi connectivity index (χ2n) is 4.30. The van der Waals surface area contributed by atoms with Gasteiger partial charge in [0.25, 0.3) is 0 Å². The first-order chi connectivity index (χ1) is 9.65. The van der Waals surface area contributed by atoms with E-state index in [0.717, 1.165) is 19.4 Å². The van der Waals surface area contributed by atoms with Crippen molar-refractivity contribution in [3.8, 4) is 0 Å². The minimum atomic E-state index is -0.560. The van der Waals surface area contributed by atoms with Crippen LogP contribution in [0.25, 0.3) is 0 Å². The third kappa shape index (κ3) is 6.21. The molecule has 20 heavy (non-hydrogen) atoms. The average Bonchev–Trinajstić information content (AvgIpc) is 2.42. The Hall–Kier alpha value is -1.33. The van der Waals surface area contributed by atoms with Gasteiger partial charge in [0.2, 0.25) is 0 Å². The number of carbonyl (C=O) groups excluding carboxylic acids is 1. The summed E-state index contributed by atoms with van der Waals surface area (Å²) in [6.07, 6.45) is 2.85. The lowest BCUT2D eigenvalue weighted by Gasteiger charge is -2.09. The van der Waals surface area contributed by atoms with E-state index in [9.17, 15) is 9.18 Å². The number of hydrogen-bond donors (Lipinski definition) is 2. The molecule has 0 heterocycles. The fourth-order valence-corrected chi connectivity index (χ4v) is 1.71. The first kappa shape index (κ1) is 16.7. The maximum absolute atomic E-state index is 13.4. The highest BCUT2D eigenvalue weighted by molar-refractivity contribution is 6.33. The largest absolute Gasteiger partial charge is 0.381 e. The van der Waals surface area contributed by atoms with Gasteiger partial charge in [0.1, 0.15) is 5.82 Å². The number of amides is 2. The van der Waals surface area contributed by atoms with Crippen LogP contribution in [0.5, 0.6) is 0 Å². The summed E-state index contributed by atoms with van der Waals surface area (Å²) in [6, 6.07) is 3.75. The van der Waals surface area contributed by atoms with Crippen molar-refractivity contribution in [1.29, 1.82) is 0 Å². The normalized spacial score (nSPS) is 10.3. The monoisotopic (exact) mass is 302 g/mol. The van der Waals surface area contributed by atoms with Crippen LogP contribution in [-0.4, -0.2) is 25.8 Å². The molecule has 0 atom stereocenters. The molecule has 0 fully saturated rings. The minimum Gasteiger partial charge on any atom is -0.381 e. The number of anilines is 1. The Morgan fingerprint density at radius 3 is 2.80 bits per heavy atom. The molecule has 0 aromatic heterocycles. The van der Waals surface area contributed by atoms with Crippen LogP contribution < -0.4 is 10.6 Å². The van der Waals surface area contributed by atoms with Crippen LogP contribution in [0.2, 0.25) is 5.02 Å². The van der Waals surface area contributed by atoms with Crippen molar-refractivity contribution in [3.63, 3.8) is 0 Å². The number of halogens is 2. The molecule has 2 amide bonds. The van der Waals surface area contributed by atoms with Gasteiger partial charge in [0.15, 0.2) is 0 Å². The smallest absolute Gasteiger partial charge is 0.319 e. The van der Waals surface area contributed by atoms with Crippen molar-refractivity contribution in [2.45, 2.75) is 26.2 Å². The van der Waals surface area contributed by atoms with Gasteiger partial charge in [-0.25, -0.2) is 9.18 Å². The molecular weight excluding hydrogens is 283 g/mol. The summed E-state index contributed by atoms with van der Waals surface area (Å²) < 4.78 is 18.8. The van der Waals surface area contributed by atoms with Crippen LogP contribution in [0.15, 0.2) is 18.2 Å². The molecule has 112 valence electrons. The third-order valence-electron chi connectivity index (χ3n) is 2.59. The molecule has 0 saturated heterocycles. The van der Waals surface area contributed by atoms with E-state index in [-0.39, 0.29) is 10.7 Å². The van der Waals surface area contributed by atoms with Crippen molar-refractivity contribution in [2.75, 3.05) is 25.1 Å². The summed E-state index contributed by atoms with van der Waals surface area (Å²) in [5.74, 6) is -0.560. The third-order valence-corrected chi connectivity index (χ3v) is 2.91. The molecule has 1 rings (SSSR count). The van der Waals surface area contributed by atoms with Gasteiger partial charge < -0.3 is 15.4 Å². The summed E-state index contributed by atoms with van der Waals surface area (Å²) in [6.45, 7) is 3.90. The molecule has 1 aromatic carbocycles. The Labute approximate surface area is 123 Å². The minimum absolute atomic E-state index is 0.00846. The second kappa shape index (κ2) is 9.55. The lowest BCUT2D eigenvalue weighted by atomic mass is 10.3. The van der Waals surface area contributed by atoms with E-state index in [4.69, 9.17) is 16.3 Å². The highest BCUT2D eigenvalue weighted by Crippen LogP contribution is 2.24. The Morgan fingerprint density at radius 1 is 1.35 bits per heavy atom. The summed E-state index contributed by atoms with van der Waals surface area (Å²) in [5, 5.41) is 5.18. The Bertz CT molecular complexity index is 409. The number of urea groups is 1. The summed E-state index contributed by atoms with van der Waals surface area (Å²) in [5.41, 5.74) is -0.00846. The maximum atomic E-state index is 13.4. The van der Waals surface area contributed by atoms with E-state index < -0.39 is 11.8 Å². The maximum Gasteiger partial charge on any atom is 0.319 e. The van der Waals surface area contributed by atoms with Gasteiger partial charge in [-0.3, -0.25) is 0 Å². The zero-order chi connectivity index (χ0) is 14.8. The van der Waals surface area contributed by atoms with Crippen LogP contribution in [0.3, 0.4) is 0 Å². The highest BCUT2D eigenvalue weighted by atomic mass is 35.5. The van der Waals surface area contributed by atoms with E-state index >= 15 is 0 Å². The molecule has 0 saturated carbocycles. The molecule has 0 aliphatic heterocycles. The number of hydrogen-bond acceptors (Lipinski definition) is 2. The molecule has 0 radical (unpaired) electrons. The van der Waals surface area contributed by atoms with E-state index in [2.05, 4.69) is 17.6 Å². The lowest BCUT2D eigenvalue weighted by molar-refractivity contribution is 0.129. The summed E-state index contributed by atoms with van der Waals surface area (Å²) >= 11 is 5.80. The fourth-order valence-electron chi connectivity index (χ4n) is 1.50. The average molecular weight is 303 g/mol. The number of nitrogens with one attached hydrogen (secondary N) is 2. The Morgan fingerprint density at radius 2 is 2.10 bits per heavy atom. The zero-order valence-electron chi connectivity index (χ0n) is 11.5. The van der Waals surface area contributed by atoms with Crippen LogP contribution in [0, 0.1) is 5.82 Å². The highest BCUT2D eigenvalue weighted by Gasteiger charge is 2.09. The van der Waals surface area contributed by atoms with E-state index in [1.165, 1.54) is 18.2 Å². The van der Waals surface area contributed by atoms with Gasteiger partial charge >= 0.3 is 6.03 Å². The predicted molar refractivity (Wildman–Crippen MR) is 78.8 cm³/mol. The number of carbonyl (C=O) groups is 1. The predicted octanol–water partition coefficient (Wildman–Crippen LogP) is 3.81. The first-order valence-corrected chi connectivity index (χ1v) is 7.09.